The summed E-state index contributed by atoms with van der Waals surface area (Å²) < 4.78 is 1.78. The third-order valence-corrected chi connectivity index (χ3v) is 4.43. The van der Waals surface area contributed by atoms with Gasteiger partial charge in [0.15, 0.2) is 11.4 Å². The number of carbonyl (C=O) groups excluding carboxylic acids is 1. The van der Waals surface area contributed by atoms with Crippen LogP contribution in [0.2, 0.25) is 0 Å². The maximum Gasteiger partial charge on any atom is 0.273 e. The maximum absolute atomic E-state index is 12.5. The van der Waals surface area contributed by atoms with Gasteiger partial charge in [0.2, 0.25) is 0 Å². The van der Waals surface area contributed by atoms with Gasteiger partial charge >= 0.3 is 0 Å². The van der Waals surface area contributed by atoms with Crippen LogP contribution in [0, 0.1) is 12.3 Å². The summed E-state index contributed by atoms with van der Waals surface area (Å²) in [4.78, 5) is 12.5. The van der Waals surface area contributed by atoms with Crippen molar-refractivity contribution in [1.82, 2.24) is 20.3 Å². The van der Waals surface area contributed by atoms with Gasteiger partial charge in [-0.15, -0.1) is 17.4 Å². The zero-order valence-corrected chi connectivity index (χ0v) is 14.9. The Labute approximate surface area is 152 Å². The number of carbonyl (C=O) groups is 1. The number of rotatable bonds is 9. The van der Waals surface area contributed by atoms with Gasteiger partial charge in [-0.25, -0.2) is 4.68 Å². The molecule has 0 atom stereocenters. The van der Waals surface area contributed by atoms with Crippen molar-refractivity contribution < 1.29 is 4.79 Å². The molecule has 0 unspecified atom stereocenters. The van der Waals surface area contributed by atoms with Crippen LogP contribution in [0.4, 0.5) is 0 Å². The maximum atomic E-state index is 12.5. The van der Waals surface area contributed by atoms with E-state index in [0.29, 0.717) is 38.0 Å². The highest BCUT2D eigenvalue weighted by molar-refractivity contribution is 5.93. The molecule has 1 amide bonds. The standard InChI is InChI=1S/C19H22N6O/c1-3-5-11-19(22-23-19)12-13-20-18(26)17-16(4-2)25(24-21-17)14-15-9-7-6-8-10-15/h1,6-10H,4-5,11-14H2,2H3,(H,20,26). The second kappa shape index (κ2) is 7.91. The first kappa shape index (κ1) is 17.8. The average molecular weight is 350 g/mol. The second-order valence-corrected chi connectivity index (χ2v) is 6.27. The fraction of sp³-hybridized carbons (Fsp3) is 0.421. The van der Waals surface area contributed by atoms with Crippen LogP contribution in [0.1, 0.15) is 47.9 Å². The van der Waals surface area contributed by atoms with Crippen LogP contribution in [0.15, 0.2) is 40.6 Å². The molecule has 2 aromatic rings. The summed E-state index contributed by atoms with van der Waals surface area (Å²) in [6.07, 6.45) is 7.98. The highest BCUT2D eigenvalue weighted by Gasteiger charge is 2.38. The lowest BCUT2D eigenvalue weighted by molar-refractivity contribution is 0.0946. The van der Waals surface area contributed by atoms with Crippen LogP contribution in [0.3, 0.4) is 0 Å². The molecule has 3 rings (SSSR count). The van der Waals surface area contributed by atoms with Gasteiger partial charge in [-0.3, -0.25) is 4.79 Å². The van der Waals surface area contributed by atoms with Gasteiger partial charge in [0, 0.05) is 25.8 Å². The lowest BCUT2D eigenvalue weighted by atomic mass is 10.0. The van der Waals surface area contributed by atoms with E-state index in [2.05, 4.69) is 31.8 Å². The van der Waals surface area contributed by atoms with E-state index in [-0.39, 0.29) is 5.91 Å². The minimum atomic E-state index is -0.391. The lowest BCUT2D eigenvalue weighted by Gasteiger charge is -2.10. The largest absolute Gasteiger partial charge is 0.350 e. The first-order chi connectivity index (χ1) is 12.7. The van der Waals surface area contributed by atoms with Gasteiger partial charge in [0.05, 0.1) is 12.2 Å². The molecule has 1 aromatic heterocycles. The molecule has 2 heterocycles. The van der Waals surface area contributed by atoms with Crippen LogP contribution in [0.5, 0.6) is 0 Å². The summed E-state index contributed by atoms with van der Waals surface area (Å²) in [7, 11) is 0. The Hall–Kier alpha value is -3.01. The Morgan fingerprint density at radius 2 is 2.04 bits per heavy atom. The number of amides is 1. The van der Waals surface area contributed by atoms with Gasteiger partial charge in [0.1, 0.15) is 0 Å². The smallest absolute Gasteiger partial charge is 0.273 e. The van der Waals surface area contributed by atoms with E-state index in [9.17, 15) is 4.79 Å². The number of nitrogens with one attached hydrogen (secondary N) is 1. The number of hydrogen-bond acceptors (Lipinski definition) is 5. The Kier molecular flexibility index (Phi) is 5.42. The van der Waals surface area contributed by atoms with Crippen LogP contribution in [-0.4, -0.2) is 33.1 Å². The third kappa shape index (κ3) is 4.14. The predicted octanol–water partition coefficient (Wildman–Crippen LogP) is 2.58. The SMILES string of the molecule is C#CCCC1(CCNC(=O)c2nnn(Cc3ccccc3)c2CC)N=N1. The van der Waals surface area contributed by atoms with Crippen molar-refractivity contribution in [2.45, 2.75) is 44.8 Å². The van der Waals surface area contributed by atoms with E-state index in [1.807, 2.05) is 37.3 Å². The van der Waals surface area contributed by atoms with E-state index in [1.165, 1.54) is 0 Å². The molecule has 1 aliphatic rings. The molecule has 0 bridgehead atoms. The minimum absolute atomic E-state index is 0.214. The fourth-order valence-corrected chi connectivity index (χ4v) is 2.87. The Morgan fingerprint density at radius 3 is 2.69 bits per heavy atom. The van der Waals surface area contributed by atoms with Crippen LogP contribution in [0.25, 0.3) is 0 Å². The summed E-state index contributed by atoms with van der Waals surface area (Å²) in [5.74, 6) is 2.38. The van der Waals surface area contributed by atoms with Gasteiger partial charge in [-0.05, 0) is 12.0 Å². The van der Waals surface area contributed by atoms with E-state index in [4.69, 9.17) is 6.42 Å². The van der Waals surface area contributed by atoms with E-state index >= 15 is 0 Å². The molecule has 0 saturated heterocycles. The Balaban J connectivity index is 1.58. The number of aromatic nitrogens is 3. The molecular weight excluding hydrogens is 328 g/mol. The quantitative estimate of drug-likeness (QED) is 0.706. The number of terminal acetylenes is 1. The molecule has 1 N–H and O–H groups in total. The summed E-state index contributed by atoms with van der Waals surface area (Å²) in [6.45, 7) is 3.07. The van der Waals surface area contributed by atoms with E-state index in [1.54, 1.807) is 4.68 Å². The number of benzene rings is 1. The molecular formula is C19H22N6O. The van der Waals surface area contributed by atoms with Crippen molar-refractivity contribution in [3.05, 3.63) is 47.3 Å². The fourth-order valence-electron chi connectivity index (χ4n) is 2.87. The summed E-state index contributed by atoms with van der Waals surface area (Å²) in [5, 5.41) is 19.3. The number of nitrogens with zero attached hydrogens (tertiary/aromatic N) is 5. The molecule has 0 aliphatic carbocycles. The zero-order valence-electron chi connectivity index (χ0n) is 14.9. The predicted molar refractivity (Wildman–Crippen MR) is 97.5 cm³/mol. The summed E-state index contributed by atoms with van der Waals surface area (Å²) in [6, 6.07) is 9.99. The average Bonchev–Trinajstić information content (AvgIpc) is 3.31. The Morgan fingerprint density at radius 1 is 1.27 bits per heavy atom. The Bertz CT molecular complexity index is 827. The summed E-state index contributed by atoms with van der Waals surface area (Å²) in [5.41, 5.74) is 1.93. The van der Waals surface area contributed by atoms with Crippen molar-refractivity contribution in [2.24, 2.45) is 10.2 Å². The molecule has 0 radical (unpaired) electrons. The highest BCUT2D eigenvalue weighted by atomic mass is 16.2. The molecule has 26 heavy (non-hydrogen) atoms. The van der Waals surface area contributed by atoms with Crippen LogP contribution >= 0.6 is 0 Å². The van der Waals surface area contributed by atoms with Crippen molar-refractivity contribution in [3.8, 4) is 12.3 Å². The lowest BCUT2D eigenvalue weighted by Crippen LogP contribution is -2.29. The van der Waals surface area contributed by atoms with Crippen molar-refractivity contribution in [2.75, 3.05) is 6.54 Å². The molecule has 0 spiro atoms. The van der Waals surface area contributed by atoms with Crippen molar-refractivity contribution in [3.63, 3.8) is 0 Å². The normalized spacial score (nSPS) is 14.0. The minimum Gasteiger partial charge on any atom is -0.350 e. The van der Waals surface area contributed by atoms with Gasteiger partial charge in [0.25, 0.3) is 5.91 Å². The molecule has 1 aromatic carbocycles. The van der Waals surface area contributed by atoms with Crippen LogP contribution in [-0.2, 0) is 13.0 Å². The first-order valence-corrected chi connectivity index (χ1v) is 8.79. The molecule has 7 heteroatoms. The van der Waals surface area contributed by atoms with Gasteiger partial charge < -0.3 is 5.32 Å². The van der Waals surface area contributed by atoms with Gasteiger partial charge in [-0.2, -0.15) is 10.2 Å². The second-order valence-electron chi connectivity index (χ2n) is 6.27. The molecule has 0 saturated carbocycles. The molecule has 134 valence electrons. The first-order valence-electron chi connectivity index (χ1n) is 8.79. The highest BCUT2D eigenvalue weighted by Crippen LogP contribution is 2.36. The number of hydrogen-bond donors (Lipinski definition) is 1. The third-order valence-electron chi connectivity index (χ3n) is 4.43. The van der Waals surface area contributed by atoms with Crippen molar-refractivity contribution >= 4 is 5.91 Å². The molecule has 1 aliphatic heterocycles. The summed E-state index contributed by atoms with van der Waals surface area (Å²) >= 11 is 0. The zero-order chi connectivity index (χ0) is 18.4. The molecule has 7 nitrogen and oxygen atoms in total. The van der Waals surface area contributed by atoms with E-state index in [0.717, 1.165) is 17.7 Å². The topological polar surface area (TPSA) is 84.5 Å². The van der Waals surface area contributed by atoms with Crippen LogP contribution < -0.4 is 5.32 Å². The van der Waals surface area contributed by atoms with Gasteiger partial charge in [-0.1, -0.05) is 42.5 Å². The van der Waals surface area contributed by atoms with E-state index < -0.39 is 5.66 Å². The monoisotopic (exact) mass is 350 g/mol. The molecule has 0 fully saturated rings. The van der Waals surface area contributed by atoms with Crippen molar-refractivity contribution in [1.29, 1.82) is 0 Å².